The van der Waals surface area contributed by atoms with Gasteiger partial charge in [0.15, 0.2) is 0 Å². The van der Waals surface area contributed by atoms with E-state index in [1.165, 1.54) is 22.3 Å². The molecule has 0 aliphatic carbocycles. The summed E-state index contributed by atoms with van der Waals surface area (Å²) in [5.74, 6) is 0. The normalized spacial score (nSPS) is 13.7. The van der Waals surface area contributed by atoms with Gasteiger partial charge >= 0.3 is 0 Å². The number of anilines is 4. The van der Waals surface area contributed by atoms with Crippen LogP contribution in [-0.2, 0) is 0 Å². The number of pyridine rings is 1. The number of hydrogen-bond donors (Lipinski definition) is 0. The zero-order chi connectivity index (χ0) is 24.8. The number of aromatic nitrogens is 1. The highest BCUT2D eigenvalue weighted by Crippen LogP contribution is 2.51. The van der Waals surface area contributed by atoms with Crippen LogP contribution in [0.5, 0.6) is 0 Å². The van der Waals surface area contributed by atoms with Crippen LogP contribution in [0.15, 0.2) is 120 Å². The van der Waals surface area contributed by atoms with Gasteiger partial charge in [-0.2, -0.15) is 5.10 Å². The van der Waals surface area contributed by atoms with Crippen LogP contribution < -0.4 is 9.80 Å². The number of nitrogens with zero attached hydrogens (tertiary/aromatic N) is 5. The predicted molar refractivity (Wildman–Crippen MR) is 152 cm³/mol. The molecule has 0 bridgehead atoms. The van der Waals surface area contributed by atoms with Crippen LogP contribution in [0.2, 0.25) is 0 Å². The van der Waals surface area contributed by atoms with Crippen LogP contribution in [-0.4, -0.2) is 30.0 Å². The number of fused-ring (bicyclic) bond motifs is 5. The third kappa shape index (κ3) is 3.64. The molecular weight excluding hydrogens is 454 g/mol. The second kappa shape index (κ2) is 8.64. The van der Waals surface area contributed by atoms with Crippen molar-refractivity contribution in [2.45, 2.75) is 0 Å². The maximum atomic E-state index is 4.60. The largest absolute Gasteiger partial charge is 0.311 e. The standard InChI is InChI=1S/C32H25N5/c1-35-22-36(21-34-35)24-16-17-29-27-12-3-2-11-26(27)28-13-4-5-15-31(28)37(32(29)20-24)25-10-8-9-23(19-25)30-14-6-7-18-33-30/h2-21H,22H2,1H3. The Bertz CT molecular complexity index is 1640. The summed E-state index contributed by atoms with van der Waals surface area (Å²) >= 11 is 0. The van der Waals surface area contributed by atoms with E-state index in [4.69, 9.17) is 0 Å². The highest BCUT2D eigenvalue weighted by Gasteiger charge is 2.27. The molecule has 5 nitrogen and oxygen atoms in total. The summed E-state index contributed by atoms with van der Waals surface area (Å²) in [6, 6.07) is 38.8. The maximum Gasteiger partial charge on any atom is 0.117 e. The Kier molecular flexibility index (Phi) is 5.00. The Morgan fingerprint density at radius 3 is 2.14 bits per heavy atom. The van der Waals surface area contributed by atoms with Gasteiger partial charge in [0.1, 0.15) is 13.0 Å². The van der Waals surface area contributed by atoms with E-state index in [0.717, 1.165) is 40.7 Å². The Labute approximate surface area is 216 Å². The summed E-state index contributed by atoms with van der Waals surface area (Å²) in [7, 11) is 1.99. The van der Waals surface area contributed by atoms with Gasteiger partial charge in [-0.05, 0) is 53.6 Å². The molecule has 178 valence electrons. The molecule has 0 unspecified atom stereocenters. The van der Waals surface area contributed by atoms with Crippen LogP contribution in [0.4, 0.5) is 22.7 Å². The Hall–Kier alpha value is -4.90. The summed E-state index contributed by atoms with van der Waals surface area (Å²) in [5, 5.41) is 6.37. The summed E-state index contributed by atoms with van der Waals surface area (Å²) in [6.45, 7) is 0.723. The first-order valence-corrected chi connectivity index (χ1v) is 12.4. The van der Waals surface area contributed by atoms with E-state index in [9.17, 15) is 0 Å². The lowest BCUT2D eigenvalue weighted by molar-refractivity contribution is 0.393. The van der Waals surface area contributed by atoms with Crippen LogP contribution in [0.3, 0.4) is 0 Å². The number of benzene rings is 4. The monoisotopic (exact) mass is 479 g/mol. The highest BCUT2D eigenvalue weighted by atomic mass is 15.6. The number of hydrazone groups is 1. The zero-order valence-corrected chi connectivity index (χ0v) is 20.5. The van der Waals surface area contributed by atoms with Gasteiger partial charge in [0.25, 0.3) is 0 Å². The van der Waals surface area contributed by atoms with Crippen molar-refractivity contribution in [3.05, 3.63) is 115 Å². The van der Waals surface area contributed by atoms with Gasteiger partial charge in [-0.15, -0.1) is 0 Å². The molecule has 0 saturated carbocycles. The second-order valence-electron chi connectivity index (χ2n) is 9.36. The molecule has 2 aliphatic heterocycles. The smallest absolute Gasteiger partial charge is 0.117 e. The summed E-state index contributed by atoms with van der Waals surface area (Å²) in [4.78, 5) is 9.16. The molecule has 0 spiro atoms. The van der Waals surface area contributed by atoms with Crippen LogP contribution in [0, 0.1) is 0 Å². The molecule has 37 heavy (non-hydrogen) atoms. The molecule has 0 radical (unpaired) electrons. The van der Waals surface area contributed by atoms with E-state index in [1.54, 1.807) is 0 Å². The predicted octanol–water partition coefficient (Wildman–Crippen LogP) is 7.52. The molecular formula is C32H25N5. The minimum absolute atomic E-state index is 0.723. The van der Waals surface area contributed by atoms with E-state index in [-0.39, 0.29) is 0 Å². The van der Waals surface area contributed by atoms with Crippen LogP contribution in [0.1, 0.15) is 0 Å². The SMILES string of the molecule is CN1CN(c2ccc3c(c2)N(c2cccc(-c4ccccn4)c2)c2ccccc2-c2ccccc2-3)C=N1. The van der Waals surface area contributed by atoms with Crippen molar-refractivity contribution in [2.75, 3.05) is 23.5 Å². The Morgan fingerprint density at radius 2 is 1.38 bits per heavy atom. The minimum atomic E-state index is 0.723. The molecule has 0 N–H and O–H groups in total. The molecule has 4 aromatic carbocycles. The van der Waals surface area contributed by atoms with Crippen molar-refractivity contribution in [1.29, 1.82) is 0 Å². The van der Waals surface area contributed by atoms with Gasteiger partial charge in [-0.3, -0.25) is 9.99 Å². The van der Waals surface area contributed by atoms with Gasteiger partial charge in [0.2, 0.25) is 0 Å². The fourth-order valence-electron chi connectivity index (χ4n) is 5.30. The van der Waals surface area contributed by atoms with Crippen molar-refractivity contribution in [3.63, 3.8) is 0 Å². The summed E-state index contributed by atoms with van der Waals surface area (Å²) in [5.41, 5.74) is 11.4. The lowest BCUT2D eigenvalue weighted by atomic mass is 9.94. The molecule has 0 atom stereocenters. The minimum Gasteiger partial charge on any atom is -0.311 e. The van der Waals surface area contributed by atoms with E-state index in [1.807, 2.05) is 36.7 Å². The molecule has 3 heterocycles. The molecule has 1 aromatic heterocycles. The van der Waals surface area contributed by atoms with E-state index in [0.29, 0.717) is 0 Å². The molecule has 0 fully saturated rings. The molecule has 0 saturated heterocycles. The third-order valence-corrected chi connectivity index (χ3v) is 7.02. The zero-order valence-electron chi connectivity index (χ0n) is 20.5. The van der Waals surface area contributed by atoms with Crippen LogP contribution in [0.25, 0.3) is 33.5 Å². The van der Waals surface area contributed by atoms with Crippen molar-refractivity contribution >= 4 is 29.1 Å². The van der Waals surface area contributed by atoms with Gasteiger partial charge in [0, 0.05) is 41.3 Å². The number of rotatable bonds is 3. The van der Waals surface area contributed by atoms with E-state index < -0.39 is 0 Å². The Balaban J connectivity index is 1.49. The third-order valence-electron chi connectivity index (χ3n) is 7.02. The molecule has 5 heteroatoms. The van der Waals surface area contributed by atoms with Gasteiger partial charge < -0.3 is 9.80 Å². The molecule has 0 amide bonds. The fourth-order valence-corrected chi connectivity index (χ4v) is 5.30. The van der Waals surface area contributed by atoms with Crippen molar-refractivity contribution in [2.24, 2.45) is 5.10 Å². The van der Waals surface area contributed by atoms with E-state index in [2.05, 4.69) is 117 Å². The molecule has 5 aromatic rings. The summed E-state index contributed by atoms with van der Waals surface area (Å²) < 4.78 is 0. The van der Waals surface area contributed by atoms with Gasteiger partial charge in [-0.1, -0.05) is 66.7 Å². The maximum absolute atomic E-state index is 4.60. The van der Waals surface area contributed by atoms with Crippen LogP contribution >= 0.6 is 0 Å². The van der Waals surface area contributed by atoms with Gasteiger partial charge in [0.05, 0.1) is 17.1 Å². The average molecular weight is 480 g/mol. The van der Waals surface area contributed by atoms with Crippen molar-refractivity contribution in [3.8, 4) is 33.5 Å². The average Bonchev–Trinajstić information content (AvgIpc) is 3.35. The first kappa shape index (κ1) is 21.4. The van der Waals surface area contributed by atoms with E-state index >= 15 is 0 Å². The molecule has 7 rings (SSSR count). The first-order valence-electron chi connectivity index (χ1n) is 12.4. The fraction of sp³-hybridized carbons (Fsp3) is 0.0625. The lowest BCUT2D eigenvalue weighted by Gasteiger charge is -2.29. The summed E-state index contributed by atoms with van der Waals surface area (Å²) in [6.07, 6.45) is 3.74. The second-order valence-corrected chi connectivity index (χ2v) is 9.36. The first-order chi connectivity index (χ1) is 18.3. The topological polar surface area (TPSA) is 35.0 Å². The number of hydrogen-bond acceptors (Lipinski definition) is 5. The Morgan fingerprint density at radius 1 is 0.622 bits per heavy atom. The number of para-hydroxylation sites is 1. The quantitative estimate of drug-likeness (QED) is 0.263. The van der Waals surface area contributed by atoms with Crippen molar-refractivity contribution < 1.29 is 0 Å². The molecule has 2 aliphatic rings. The van der Waals surface area contributed by atoms with Crippen molar-refractivity contribution in [1.82, 2.24) is 9.99 Å². The highest BCUT2D eigenvalue weighted by molar-refractivity contribution is 6.03. The lowest BCUT2D eigenvalue weighted by Crippen LogP contribution is -2.24. The van der Waals surface area contributed by atoms with Gasteiger partial charge in [-0.25, -0.2) is 0 Å².